The number of rotatable bonds is 6. The Hall–Kier alpha value is -3.62. The van der Waals surface area contributed by atoms with Crippen molar-refractivity contribution in [3.63, 3.8) is 0 Å². The van der Waals surface area contributed by atoms with Crippen LogP contribution >= 0.6 is 23.2 Å². The molecule has 0 radical (unpaired) electrons. The van der Waals surface area contributed by atoms with Crippen LogP contribution in [0.3, 0.4) is 0 Å². The first-order valence-electron chi connectivity index (χ1n) is 9.46. The first kappa shape index (κ1) is 21.6. The summed E-state index contributed by atoms with van der Waals surface area (Å²) in [5, 5.41) is 26.9. The van der Waals surface area contributed by atoms with Gasteiger partial charge in [0.05, 0.1) is 43.9 Å². The van der Waals surface area contributed by atoms with Crippen LogP contribution in [-0.2, 0) is 12.8 Å². The van der Waals surface area contributed by atoms with Gasteiger partial charge in [-0.3, -0.25) is 9.97 Å². The molecule has 0 spiro atoms. The molecule has 3 heterocycles. The summed E-state index contributed by atoms with van der Waals surface area (Å²) < 4.78 is 0. The average molecular weight is 467 g/mol. The summed E-state index contributed by atoms with van der Waals surface area (Å²) in [5.41, 5.74) is 4.30. The second-order valence-electron chi connectivity index (χ2n) is 6.79. The normalized spacial score (nSPS) is 12.3. The van der Waals surface area contributed by atoms with Gasteiger partial charge in [-0.05, 0) is 36.4 Å². The summed E-state index contributed by atoms with van der Waals surface area (Å²) in [7, 11) is 0. The van der Waals surface area contributed by atoms with Crippen molar-refractivity contribution < 1.29 is 10.4 Å². The molecule has 0 unspecified atom stereocenters. The molecule has 0 aliphatic carbocycles. The highest BCUT2D eigenvalue weighted by Gasteiger charge is 2.18. The van der Waals surface area contributed by atoms with E-state index in [1.165, 1.54) is 0 Å². The van der Waals surface area contributed by atoms with Crippen molar-refractivity contribution in [2.45, 2.75) is 12.8 Å². The quantitative estimate of drug-likeness (QED) is 0.244. The van der Waals surface area contributed by atoms with Gasteiger partial charge in [-0.1, -0.05) is 33.5 Å². The number of fused-ring (bicyclic) bond motifs is 1. The van der Waals surface area contributed by atoms with Gasteiger partial charge in [0.15, 0.2) is 0 Å². The van der Waals surface area contributed by atoms with E-state index in [0.717, 1.165) is 0 Å². The summed E-state index contributed by atoms with van der Waals surface area (Å²) in [6, 6.07) is 10.2. The number of pyridine rings is 2. The number of hydrogen-bond donors (Lipinski definition) is 2. The molecule has 2 N–H and O–H groups in total. The Bertz CT molecular complexity index is 1210. The number of halogens is 2. The van der Waals surface area contributed by atoms with Crippen LogP contribution < -0.4 is 0 Å². The summed E-state index contributed by atoms with van der Waals surface area (Å²) in [5.74, 6) is 0. The molecule has 32 heavy (non-hydrogen) atoms. The molecular formula is C22H16Cl2N6O2. The first-order chi connectivity index (χ1) is 15.6. The lowest BCUT2D eigenvalue weighted by molar-refractivity contribution is 0.318. The summed E-state index contributed by atoms with van der Waals surface area (Å²) >= 11 is 12.3. The molecule has 0 fully saturated rings. The van der Waals surface area contributed by atoms with E-state index in [1.54, 1.807) is 61.2 Å². The van der Waals surface area contributed by atoms with Crippen LogP contribution in [0, 0.1) is 0 Å². The van der Waals surface area contributed by atoms with Crippen LogP contribution in [-0.4, -0.2) is 41.8 Å². The highest BCUT2D eigenvalue weighted by Crippen LogP contribution is 2.27. The van der Waals surface area contributed by atoms with Gasteiger partial charge in [-0.25, -0.2) is 9.97 Å². The number of oxime groups is 2. The number of hydrogen-bond acceptors (Lipinski definition) is 8. The zero-order chi connectivity index (χ0) is 22.5. The average Bonchev–Trinajstić information content (AvgIpc) is 2.83. The molecular weight excluding hydrogens is 451 g/mol. The fourth-order valence-electron chi connectivity index (χ4n) is 3.20. The van der Waals surface area contributed by atoms with Crippen molar-refractivity contribution in [1.29, 1.82) is 0 Å². The molecule has 0 aliphatic heterocycles. The van der Waals surface area contributed by atoms with Gasteiger partial charge in [0.25, 0.3) is 0 Å². The van der Waals surface area contributed by atoms with Crippen LogP contribution in [0.25, 0.3) is 11.0 Å². The minimum Gasteiger partial charge on any atom is -0.411 e. The van der Waals surface area contributed by atoms with Crippen LogP contribution in [0.4, 0.5) is 0 Å². The molecule has 10 heteroatoms. The summed E-state index contributed by atoms with van der Waals surface area (Å²) in [6.45, 7) is 0. The maximum absolute atomic E-state index is 9.64. The third kappa shape index (κ3) is 4.66. The molecule has 4 aromatic rings. The van der Waals surface area contributed by atoms with Crippen LogP contribution in [0.2, 0.25) is 10.0 Å². The SMILES string of the molecule is O/N=C(/Cc1nc2cc(Cl)c(Cl)cc2nc1C/C(=N\O)c1ccncc1)c1ccncc1. The fourth-order valence-corrected chi connectivity index (χ4v) is 3.52. The largest absolute Gasteiger partial charge is 0.411 e. The van der Waals surface area contributed by atoms with E-state index in [9.17, 15) is 10.4 Å². The van der Waals surface area contributed by atoms with Crippen molar-refractivity contribution in [1.82, 2.24) is 19.9 Å². The van der Waals surface area contributed by atoms with E-state index in [-0.39, 0.29) is 12.8 Å². The van der Waals surface area contributed by atoms with E-state index in [0.29, 0.717) is 55.0 Å². The molecule has 8 nitrogen and oxygen atoms in total. The second-order valence-corrected chi connectivity index (χ2v) is 7.61. The zero-order valence-electron chi connectivity index (χ0n) is 16.5. The Labute approximate surface area is 192 Å². The highest BCUT2D eigenvalue weighted by atomic mass is 35.5. The van der Waals surface area contributed by atoms with E-state index >= 15 is 0 Å². The van der Waals surface area contributed by atoms with E-state index in [1.807, 2.05) is 0 Å². The smallest absolute Gasteiger partial charge is 0.0929 e. The molecule has 1 aromatic carbocycles. The summed E-state index contributed by atoms with van der Waals surface area (Å²) in [6.07, 6.45) is 6.77. The highest BCUT2D eigenvalue weighted by molar-refractivity contribution is 6.42. The van der Waals surface area contributed by atoms with Crippen LogP contribution in [0.5, 0.6) is 0 Å². The van der Waals surface area contributed by atoms with Gasteiger partial charge >= 0.3 is 0 Å². The molecule has 0 aliphatic rings. The van der Waals surface area contributed by atoms with Gasteiger partial charge in [0.1, 0.15) is 0 Å². The lowest BCUT2D eigenvalue weighted by Gasteiger charge is -2.12. The number of benzene rings is 1. The van der Waals surface area contributed by atoms with E-state index < -0.39 is 0 Å². The maximum Gasteiger partial charge on any atom is 0.0929 e. The van der Waals surface area contributed by atoms with E-state index in [2.05, 4.69) is 20.3 Å². The summed E-state index contributed by atoms with van der Waals surface area (Å²) in [4.78, 5) is 17.4. The van der Waals surface area contributed by atoms with Crippen molar-refractivity contribution in [2.24, 2.45) is 10.3 Å². The Morgan fingerprint density at radius 2 is 1.06 bits per heavy atom. The monoisotopic (exact) mass is 466 g/mol. The number of nitrogens with zero attached hydrogens (tertiary/aromatic N) is 6. The molecule has 160 valence electrons. The van der Waals surface area contributed by atoms with Crippen LogP contribution in [0.1, 0.15) is 22.5 Å². The standard InChI is InChI=1S/C22H16Cl2N6O2/c23-15-9-19-20(10-16(15)24)28-22(12-18(30-32)14-3-7-26-8-4-14)21(27-19)11-17(29-31)13-1-5-25-6-2-13/h1-10,31-32H,11-12H2/b29-17-,30-18+. The van der Waals surface area contributed by atoms with Crippen molar-refractivity contribution >= 4 is 45.7 Å². The Morgan fingerprint density at radius 3 is 1.41 bits per heavy atom. The van der Waals surface area contributed by atoms with Gasteiger partial charge in [-0.15, -0.1) is 0 Å². The molecule has 0 saturated carbocycles. The molecule has 0 atom stereocenters. The second kappa shape index (κ2) is 9.67. The van der Waals surface area contributed by atoms with E-state index in [4.69, 9.17) is 33.2 Å². The predicted molar refractivity (Wildman–Crippen MR) is 122 cm³/mol. The zero-order valence-corrected chi connectivity index (χ0v) is 18.0. The van der Waals surface area contributed by atoms with Gasteiger partial charge in [-0.2, -0.15) is 0 Å². The van der Waals surface area contributed by atoms with Crippen molar-refractivity contribution in [3.8, 4) is 0 Å². The van der Waals surface area contributed by atoms with Crippen molar-refractivity contribution in [3.05, 3.63) is 93.7 Å². The van der Waals surface area contributed by atoms with Gasteiger partial charge in [0, 0.05) is 48.8 Å². The molecule has 0 saturated heterocycles. The fraction of sp³-hybridized carbons (Fsp3) is 0.0909. The maximum atomic E-state index is 9.64. The third-order valence-corrected chi connectivity index (χ3v) is 5.52. The predicted octanol–water partition coefficient (Wildman–Crippen LogP) is 4.57. The minimum absolute atomic E-state index is 0.175. The molecule has 3 aromatic heterocycles. The third-order valence-electron chi connectivity index (χ3n) is 4.80. The Morgan fingerprint density at radius 1 is 0.688 bits per heavy atom. The van der Waals surface area contributed by atoms with Crippen LogP contribution in [0.15, 0.2) is 71.5 Å². The Kier molecular flexibility index (Phi) is 6.53. The molecule has 0 amide bonds. The molecule has 0 bridgehead atoms. The number of aromatic nitrogens is 4. The lowest BCUT2D eigenvalue weighted by Crippen LogP contribution is -2.15. The van der Waals surface area contributed by atoms with Gasteiger partial charge < -0.3 is 10.4 Å². The lowest BCUT2D eigenvalue weighted by atomic mass is 10.0. The van der Waals surface area contributed by atoms with Gasteiger partial charge in [0.2, 0.25) is 0 Å². The minimum atomic E-state index is 0.175. The Balaban J connectivity index is 1.81. The first-order valence-corrected chi connectivity index (χ1v) is 10.2. The topological polar surface area (TPSA) is 117 Å². The molecule has 4 rings (SSSR count). The van der Waals surface area contributed by atoms with Crippen molar-refractivity contribution in [2.75, 3.05) is 0 Å².